The summed E-state index contributed by atoms with van der Waals surface area (Å²) in [5, 5.41) is 0. The van der Waals surface area contributed by atoms with Crippen LogP contribution in [0.3, 0.4) is 0 Å². The molecule has 2 unspecified atom stereocenters. The fourth-order valence-electron chi connectivity index (χ4n) is 2.81. The molecule has 2 atom stereocenters. The highest BCUT2D eigenvalue weighted by molar-refractivity contribution is 4.93. The average molecular weight is 256 g/mol. The van der Waals surface area contributed by atoms with Crippen LogP contribution in [0, 0.1) is 5.41 Å². The summed E-state index contributed by atoms with van der Waals surface area (Å²) in [5.74, 6) is -0.441. The van der Waals surface area contributed by atoms with Crippen molar-refractivity contribution in [1.29, 1.82) is 0 Å². The summed E-state index contributed by atoms with van der Waals surface area (Å²) in [6.07, 6.45) is 5.17. The molecule has 3 rings (SSSR count). The van der Waals surface area contributed by atoms with Crippen LogP contribution in [-0.4, -0.2) is 44.4 Å². The van der Waals surface area contributed by atoms with Gasteiger partial charge in [-0.15, -0.1) is 0 Å². The summed E-state index contributed by atoms with van der Waals surface area (Å²) in [5.41, 5.74) is 0.0645. The Morgan fingerprint density at radius 3 is 1.89 bits per heavy atom. The maximum absolute atomic E-state index is 6.19. The van der Waals surface area contributed by atoms with Crippen LogP contribution in [0.15, 0.2) is 0 Å². The molecule has 0 aromatic carbocycles. The molecule has 0 N–H and O–H groups in total. The van der Waals surface area contributed by atoms with Gasteiger partial charge in [0.2, 0.25) is 0 Å². The normalized spacial score (nSPS) is 41.7. The van der Waals surface area contributed by atoms with Crippen molar-refractivity contribution in [2.24, 2.45) is 5.41 Å². The maximum Gasteiger partial charge on any atom is 0.173 e. The molecule has 2 saturated heterocycles. The molecule has 104 valence electrons. The summed E-state index contributed by atoms with van der Waals surface area (Å²) in [7, 11) is 0. The third kappa shape index (κ3) is 2.72. The summed E-state index contributed by atoms with van der Waals surface area (Å²) >= 11 is 0. The van der Waals surface area contributed by atoms with Gasteiger partial charge in [0, 0.05) is 11.8 Å². The molecule has 0 aromatic heterocycles. The van der Waals surface area contributed by atoms with Gasteiger partial charge in [-0.25, -0.2) is 0 Å². The third-order valence-electron chi connectivity index (χ3n) is 4.40. The number of ether oxygens (including phenoxy) is 4. The predicted octanol–water partition coefficient (Wildman–Crippen LogP) is 2.11. The number of hydrogen-bond acceptors (Lipinski definition) is 4. The van der Waals surface area contributed by atoms with Gasteiger partial charge in [-0.1, -0.05) is 20.3 Å². The fraction of sp³-hybridized carbons (Fsp3) is 1.00. The van der Waals surface area contributed by atoms with Crippen LogP contribution in [0.5, 0.6) is 0 Å². The lowest BCUT2D eigenvalue weighted by molar-refractivity contribution is -0.308. The van der Waals surface area contributed by atoms with Gasteiger partial charge in [0.1, 0.15) is 12.2 Å². The molecule has 0 bridgehead atoms. The third-order valence-corrected chi connectivity index (χ3v) is 4.40. The van der Waals surface area contributed by atoms with Crippen LogP contribution in [0.2, 0.25) is 0 Å². The second-order valence-corrected chi connectivity index (χ2v) is 6.38. The zero-order chi connectivity index (χ0) is 12.6. The van der Waals surface area contributed by atoms with Crippen LogP contribution in [0.25, 0.3) is 0 Å². The molecule has 0 spiro atoms. The Bertz CT molecular complexity index is 278. The summed E-state index contributed by atoms with van der Waals surface area (Å²) in [6.45, 7) is 7.51. The van der Waals surface area contributed by atoms with Gasteiger partial charge in [0.15, 0.2) is 5.79 Å². The first-order valence-electron chi connectivity index (χ1n) is 7.12. The van der Waals surface area contributed by atoms with E-state index in [1.165, 1.54) is 12.8 Å². The van der Waals surface area contributed by atoms with Gasteiger partial charge in [0.05, 0.1) is 26.4 Å². The smallest absolute Gasteiger partial charge is 0.173 e. The van der Waals surface area contributed by atoms with E-state index in [0.717, 1.165) is 26.1 Å². The molecule has 0 amide bonds. The van der Waals surface area contributed by atoms with Gasteiger partial charge in [-0.2, -0.15) is 0 Å². The molecule has 0 aromatic rings. The van der Waals surface area contributed by atoms with Crippen LogP contribution < -0.4 is 0 Å². The van der Waals surface area contributed by atoms with E-state index in [0.29, 0.717) is 25.4 Å². The second kappa shape index (κ2) is 4.75. The van der Waals surface area contributed by atoms with Crippen LogP contribution >= 0.6 is 0 Å². The van der Waals surface area contributed by atoms with Gasteiger partial charge in [0.25, 0.3) is 0 Å². The van der Waals surface area contributed by atoms with Gasteiger partial charge in [-0.3, -0.25) is 0 Å². The zero-order valence-electron chi connectivity index (χ0n) is 11.4. The molecule has 2 aliphatic heterocycles. The maximum atomic E-state index is 6.19. The first kappa shape index (κ1) is 12.9. The first-order chi connectivity index (χ1) is 8.61. The highest BCUT2D eigenvalue weighted by Crippen LogP contribution is 2.47. The molecule has 1 saturated carbocycles. The molecule has 3 fully saturated rings. The van der Waals surface area contributed by atoms with Crippen molar-refractivity contribution in [2.45, 2.75) is 57.5 Å². The molecule has 4 heteroatoms. The average Bonchev–Trinajstić information content (AvgIpc) is 3.20. The lowest BCUT2D eigenvalue weighted by Gasteiger charge is -2.49. The minimum atomic E-state index is -0.441. The van der Waals surface area contributed by atoms with E-state index in [1.54, 1.807) is 0 Å². The molecule has 3 aliphatic rings. The number of rotatable bonds is 6. The highest BCUT2D eigenvalue weighted by atomic mass is 16.7. The number of epoxide rings is 2. The summed E-state index contributed by atoms with van der Waals surface area (Å²) in [6, 6.07) is 0. The van der Waals surface area contributed by atoms with Crippen molar-refractivity contribution >= 4 is 0 Å². The Kier molecular flexibility index (Phi) is 3.39. The summed E-state index contributed by atoms with van der Waals surface area (Å²) in [4.78, 5) is 0. The minimum absolute atomic E-state index is 0.0645. The van der Waals surface area contributed by atoms with Crippen LogP contribution in [0.1, 0.15) is 39.5 Å². The topological polar surface area (TPSA) is 43.5 Å². The zero-order valence-corrected chi connectivity index (χ0v) is 11.4. The molecule has 4 nitrogen and oxygen atoms in total. The lowest BCUT2D eigenvalue weighted by Crippen LogP contribution is -2.52. The minimum Gasteiger partial charge on any atom is -0.371 e. The number of hydrogen-bond donors (Lipinski definition) is 0. The van der Waals surface area contributed by atoms with Crippen molar-refractivity contribution in [3.05, 3.63) is 0 Å². The SMILES string of the molecule is CC1(C)CCCCC1(OCC1CO1)OCC1CO1. The van der Waals surface area contributed by atoms with Crippen molar-refractivity contribution in [1.82, 2.24) is 0 Å². The Balaban J connectivity index is 1.66. The predicted molar refractivity (Wildman–Crippen MR) is 66.4 cm³/mol. The van der Waals surface area contributed by atoms with E-state index in [9.17, 15) is 0 Å². The van der Waals surface area contributed by atoms with E-state index < -0.39 is 5.79 Å². The fourth-order valence-corrected chi connectivity index (χ4v) is 2.81. The Hall–Kier alpha value is -0.160. The monoisotopic (exact) mass is 256 g/mol. The molecule has 18 heavy (non-hydrogen) atoms. The second-order valence-electron chi connectivity index (χ2n) is 6.38. The Labute approximate surface area is 109 Å². The first-order valence-corrected chi connectivity index (χ1v) is 7.12. The van der Waals surface area contributed by atoms with Gasteiger partial charge in [-0.05, 0) is 12.8 Å². The standard InChI is InChI=1S/C14H24O4/c1-13(2)5-3-4-6-14(13,17-9-11-7-15-11)18-10-12-8-16-12/h11-12H,3-10H2,1-2H3. The lowest BCUT2D eigenvalue weighted by atomic mass is 9.72. The molecule has 2 heterocycles. The van der Waals surface area contributed by atoms with E-state index in [2.05, 4.69) is 13.8 Å². The molecular formula is C14H24O4. The summed E-state index contributed by atoms with van der Waals surface area (Å²) < 4.78 is 22.9. The Morgan fingerprint density at radius 1 is 0.944 bits per heavy atom. The van der Waals surface area contributed by atoms with Crippen LogP contribution in [-0.2, 0) is 18.9 Å². The van der Waals surface area contributed by atoms with Crippen LogP contribution in [0.4, 0.5) is 0 Å². The van der Waals surface area contributed by atoms with E-state index in [-0.39, 0.29) is 5.41 Å². The van der Waals surface area contributed by atoms with Gasteiger partial charge >= 0.3 is 0 Å². The van der Waals surface area contributed by atoms with Crippen molar-refractivity contribution in [2.75, 3.05) is 26.4 Å². The highest BCUT2D eigenvalue weighted by Gasteiger charge is 2.50. The Morgan fingerprint density at radius 2 is 1.44 bits per heavy atom. The van der Waals surface area contributed by atoms with Gasteiger partial charge < -0.3 is 18.9 Å². The molecular weight excluding hydrogens is 232 g/mol. The van der Waals surface area contributed by atoms with E-state index in [4.69, 9.17) is 18.9 Å². The van der Waals surface area contributed by atoms with E-state index in [1.807, 2.05) is 0 Å². The largest absolute Gasteiger partial charge is 0.371 e. The molecule has 1 aliphatic carbocycles. The quantitative estimate of drug-likeness (QED) is 0.539. The van der Waals surface area contributed by atoms with Crippen molar-refractivity contribution in [3.63, 3.8) is 0 Å². The van der Waals surface area contributed by atoms with E-state index >= 15 is 0 Å². The van der Waals surface area contributed by atoms with Crippen molar-refractivity contribution < 1.29 is 18.9 Å². The van der Waals surface area contributed by atoms with Crippen molar-refractivity contribution in [3.8, 4) is 0 Å². The molecule has 0 radical (unpaired) electrons.